The van der Waals surface area contributed by atoms with Crippen molar-refractivity contribution in [2.75, 3.05) is 0 Å². The van der Waals surface area contributed by atoms with E-state index in [1.54, 1.807) is 0 Å². The molecule has 0 nitrogen and oxygen atoms in total. The molecule has 0 bridgehead atoms. The zero-order valence-electron chi connectivity index (χ0n) is 8.36. The molecule has 1 heteroatoms. The van der Waals surface area contributed by atoms with Gasteiger partial charge in [-0.05, 0) is 0 Å². The SMILES string of the molecule is C[CH2][Ge]([CH3])([CH](C)C)[CH](C)C. The Labute approximate surface area is 68.8 Å². The Morgan fingerprint density at radius 1 is 1.00 bits per heavy atom. The van der Waals surface area contributed by atoms with Crippen LogP contribution in [0.5, 0.6) is 0 Å². The molecule has 0 aliphatic heterocycles. The third-order valence-electron chi connectivity index (χ3n) is 3.40. The zero-order chi connectivity index (χ0) is 8.36. The average Bonchev–Trinajstić information content (AvgIpc) is 1.85. The first-order valence-electron chi connectivity index (χ1n) is 4.45. The van der Waals surface area contributed by atoms with E-state index in [-0.39, 0.29) is 0 Å². The fourth-order valence-corrected chi connectivity index (χ4v) is 7.71. The van der Waals surface area contributed by atoms with Gasteiger partial charge in [-0.3, -0.25) is 0 Å². The predicted octanol–water partition coefficient (Wildman–Crippen LogP) is 3.90. The fourth-order valence-electron chi connectivity index (χ4n) is 1.48. The molecular weight excluding hydrogens is 181 g/mol. The molecule has 62 valence electrons. The minimum atomic E-state index is -1.38. The Hall–Kier alpha value is 0.543. The number of hydrogen-bond donors (Lipinski definition) is 0. The Balaban J connectivity index is 4.23. The van der Waals surface area contributed by atoms with Gasteiger partial charge in [0.05, 0.1) is 0 Å². The predicted molar refractivity (Wildman–Crippen MR) is 52.3 cm³/mol. The van der Waals surface area contributed by atoms with Gasteiger partial charge in [-0.15, -0.1) is 0 Å². The van der Waals surface area contributed by atoms with Crippen molar-refractivity contribution >= 4 is 13.3 Å². The summed E-state index contributed by atoms with van der Waals surface area (Å²) in [5, 5.41) is 1.48. The van der Waals surface area contributed by atoms with E-state index in [1.165, 1.54) is 5.25 Å². The summed E-state index contributed by atoms with van der Waals surface area (Å²) in [6, 6.07) is 0. The van der Waals surface area contributed by atoms with E-state index in [2.05, 4.69) is 40.4 Å². The van der Waals surface area contributed by atoms with Crippen molar-refractivity contribution < 1.29 is 0 Å². The summed E-state index contributed by atoms with van der Waals surface area (Å²) in [7, 11) is 0. The van der Waals surface area contributed by atoms with Crippen LogP contribution in [0.3, 0.4) is 0 Å². The molecule has 0 rings (SSSR count). The Morgan fingerprint density at radius 3 is 1.30 bits per heavy atom. The van der Waals surface area contributed by atoms with Gasteiger partial charge >= 0.3 is 68.4 Å². The average molecular weight is 203 g/mol. The molecule has 0 N–H and O–H groups in total. The molecule has 0 aliphatic rings. The monoisotopic (exact) mass is 204 g/mol. The fraction of sp³-hybridized carbons (Fsp3) is 1.00. The molecule has 0 aliphatic carbocycles. The third-order valence-corrected chi connectivity index (χ3v) is 17.7. The van der Waals surface area contributed by atoms with Crippen molar-refractivity contribution in [1.82, 2.24) is 0 Å². The van der Waals surface area contributed by atoms with Crippen LogP contribution in [0.15, 0.2) is 0 Å². The van der Waals surface area contributed by atoms with E-state index in [0.29, 0.717) is 0 Å². The van der Waals surface area contributed by atoms with Crippen LogP contribution >= 0.6 is 0 Å². The number of rotatable bonds is 3. The summed E-state index contributed by atoms with van der Waals surface area (Å²) in [5.41, 5.74) is 0. The van der Waals surface area contributed by atoms with Gasteiger partial charge in [-0.2, -0.15) is 0 Å². The molecule has 0 heterocycles. The van der Waals surface area contributed by atoms with Gasteiger partial charge in [0.15, 0.2) is 0 Å². The third kappa shape index (κ3) is 2.01. The molecule has 0 saturated heterocycles. The van der Waals surface area contributed by atoms with Gasteiger partial charge in [-0.25, -0.2) is 0 Å². The molecule has 0 atom stereocenters. The van der Waals surface area contributed by atoms with Gasteiger partial charge in [0.2, 0.25) is 0 Å². The zero-order valence-corrected chi connectivity index (χ0v) is 10.5. The van der Waals surface area contributed by atoms with Crippen molar-refractivity contribution in [3.05, 3.63) is 0 Å². The minimum absolute atomic E-state index is 0.991. The molecule has 0 radical (unpaired) electrons. The first-order chi connectivity index (χ1) is 4.45. The molecule has 0 aromatic heterocycles. The van der Waals surface area contributed by atoms with Crippen molar-refractivity contribution in [3.8, 4) is 0 Å². The summed E-state index contributed by atoms with van der Waals surface area (Å²) in [5.74, 6) is 2.58. The van der Waals surface area contributed by atoms with Crippen LogP contribution in [-0.4, -0.2) is 13.3 Å². The van der Waals surface area contributed by atoms with Gasteiger partial charge in [0, 0.05) is 0 Å². The summed E-state index contributed by atoms with van der Waals surface area (Å²) in [6.45, 7) is 12.0. The molecular formula is C9H22Ge. The van der Waals surface area contributed by atoms with E-state index >= 15 is 0 Å². The van der Waals surface area contributed by atoms with Gasteiger partial charge < -0.3 is 0 Å². The number of hydrogen-bond acceptors (Lipinski definition) is 0. The van der Waals surface area contributed by atoms with Gasteiger partial charge in [0.25, 0.3) is 0 Å². The molecule has 0 aromatic rings. The normalized spacial score (nSPS) is 13.2. The van der Waals surface area contributed by atoms with Crippen molar-refractivity contribution in [1.29, 1.82) is 0 Å². The Bertz CT molecular complexity index is 86.9. The summed E-state index contributed by atoms with van der Waals surface area (Å²) in [6.07, 6.45) is 0. The van der Waals surface area contributed by atoms with Crippen molar-refractivity contribution in [2.45, 2.75) is 55.1 Å². The second-order valence-corrected chi connectivity index (χ2v) is 16.8. The molecule has 0 aromatic carbocycles. The van der Waals surface area contributed by atoms with Gasteiger partial charge in [-0.1, -0.05) is 0 Å². The van der Waals surface area contributed by atoms with Crippen LogP contribution in [0, 0.1) is 0 Å². The van der Waals surface area contributed by atoms with Crippen LogP contribution < -0.4 is 0 Å². The Kier molecular flexibility index (Phi) is 4.00. The molecule has 0 fully saturated rings. The van der Waals surface area contributed by atoms with E-state index < -0.39 is 13.3 Å². The maximum absolute atomic E-state index is 2.58. The van der Waals surface area contributed by atoms with Crippen LogP contribution in [0.2, 0.25) is 20.5 Å². The van der Waals surface area contributed by atoms with E-state index in [4.69, 9.17) is 0 Å². The molecule has 0 amide bonds. The second-order valence-electron chi connectivity index (χ2n) is 4.17. The molecule has 10 heavy (non-hydrogen) atoms. The topological polar surface area (TPSA) is 0 Å². The van der Waals surface area contributed by atoms with Crippen molar-refractivity contribution in [2.24, 2.45) is 0 Å². The van der Waals surface area contributed by atoms with Crippen LogP contribution in [0.1, 0.15) is 34.6 Å². The molecule has 0 unspecified atom stereocenters. The molecule has 0 spiro atoms. The molecule has 0 saturated carbocycles. The first-order valence-corrected chi connectivity index (χ1v) is 10.5. The second kappa shape index (κ2) is 3.80. The van der Waals surface area contributed by atoms with E-state index in [0.717, 1.165) is 9.50 Å². The van der Waals surface area contributed by atoms with E-state index in [9.17, 15) is 0 Å². The summed E-state index contributed by atoms with van der Waals surface area (Å²) >= 11 is -1.38. The standard InChI is InChI=1S/C9H22Ge/c1-7-10(6,8(2)3)9(4)5/h8-9H,7H2,1-6H3. The van der Waals surface area contributed by atoms with Crippen LogP contribution in [0.25, 0.3) is 0 Å². The van der Waals surface area contributed by atoms with E-state index in [1.807, 2.05) is 0 Å². The van der Waals surface area contributed by atoms with Gasteiger partial charge in [0.1, 0.15) is 0 Å². The quantitative estimate of drug-likeness (QED) is 0.610. The summed E-state index contributed by atoms with van der Waals surface area (Å²) in [4.78, 5) is 0. The van der Waals surface area contributed by atoms with Crippen LogP contribution in [0.4, 0.5) is 0 Å². The summed E-state index contributed by atoms with van der Waals surface area (Å²) < 4.78 is 1.98. The van der Waals surface area contributed by atoms with Crippen LogP contribution in [-0.2, 0) is 0 Å². The maximum atomic E-state index is 2.58. The Morgan fingerprint density at radius 2 is 1.30 bits per heavy atom. The first kappa shape index (κ1) is 10.5. The van der Waals surface area contributed by atoms with Crippen molar-refractivity contribution in [3.63, 3.8) is 0 Å².